The molecule has 96 valence electrons. The lowest BCUT2D eigenvalue weighted by Gasteiger charge is -2.05. The Hall–Kier alpha value is -1.75. The summed E-state index contributed by atoms with van der Waals surface area (Å²) >= 11 is 0. The van der Waals surface area contributed by atoms with Gasteiger partial charge in [-0.05, 0) is 30.7 Å². The van der Waals surface area contributed by atoms with Crippen molar-refractivity contribution in [3.05, 3.63) is 36.0 Å². The van der Waals surface area contributed by atoms with E-state index in [1.54, 1.807) is 12.1 Å². The molecule has 0 fully saturated rings. The van der Waals surface area contributed by atoms with Crippen LogP contribution in [0.15, 0.2) is 28.8 Å². The quantitative estimate of drug-likeness (QED) is 0.884. The third kappa shape index (κ3) is 3.13. The molecule has 2 aromatic rings. The standard InChI is InChI=1S/C13H16FN3O/c1-2-3-11(15)8-12-16-13(17-18-12)9-4-6-10(14)7-5-9/h4-7,11H,2-3,8,15H2,1H3. The molecule has 0 amide bonds. The van der Waals surface area contributed by atoms with E-state index >= 15 is 0 Å². The molecule has 5 heteroatoms. The van der Waals surface area contributed by atoms with Crippen LogP contribution in [0.25, 0.3) is 11.4 Å². The fraction of sp³-hybridized carbons (Fsp3) is 0.385. The van der Waals surface area contributed by atoms with Crippen LogP contribution in [0.2, 0.25) is 0 Å². The minimum Gasteiger partial charge on any atom is -0.339 e. The van der Waals surface area contributed by atoms with Crippen molar-refractivity contribution in [2.45, 2.75) is 32.2 Å². The molecule has 0 saturated heterocycles. The highest BCUT2D eigenvalue weighted by Gasteiger charge is 2.11. The van der Waals surface area contributed by atoms with E-state index in [4.69, 9.17) is 10.3 Å². The third-order valence-corrected chi connectivity index (χ3v) is 2.67. The number of benzene rings is 1. The zero-order valence-electron chi connectivity index (χ0n) is 10.3. The van der Waals surface area contributed by atoms with Crippen molar-refractivity contribution in [2.75, 3.05) is 0 Å². The molecule has 1 heterocycles. The maximum atomic E-state index is 12.8. The summed E-state index contributed by atoms with van der Waals surface area (Å²) in [5.74, 6) is 0.705. The summed E-state index contributed by atoms with van der Waals surface area (Å²) in [6.07, 6.45) is 2.52. The molecule has 0 radical (unpaired) electrons. The largest absolute Gasteiger partial charge is 0.339 e. The van der Waals surface area contributed by atoms with Gasteiger partial charge in [0.25, 0.3) is 0 Å². The summed E-state index contributed by atoms with van der Waals surface area (Å²) in [4.78, 5) is 4.25. The van der Waals surface area contributed by atoms with Gasteiger partial charge in [0.05, 0.1) is 0 Å². The van der Waals surface area contributed by atoms with E-state index in [2.05, 4.69) is 17.1 Å². The Morgan fingerprint density at radius 1 is 1.33 bits per heavy atom. The Bertz CT molecular complexity index is 495. The summed E-state index contributed by atoms with van der Waals surface area (Å²) in [6, 6.07) is 6.02. The molecular weight excluding hydrogens is 233 g/mol. The Morgan fingerprint density at radius 3 is 2.72 bits per heavy atom. The lowest BCUT2D eigenvalue weighted by atomic mass is 10.1. The zero-order valence-corrected chi connectivity index (χ0v) is 10.3. The molecule has 2 rings (SSSR count). The van der Waals surface area contributed by atoms with Gasteiger partial charge >= 0.3 is 0 Å². The lowest BCUT2D eigenvalue weighted by Crippen LogP contribution is -2.22. The Balaban J connectivity index is 2.08. The molecule has 1 unspecified atom stereocenters. The van der Waals surface area contributed by atoms with Gasteiger partial charge in [0.15, 0.2) is 0 Å². The van der Waals surface area contributed by atoms with Crippen LogP contribution in [-0.2, 0) is 6.42 Å². The van der Waals surface area contributed by atoms with Crippen molar-refractivity contribution in [1.82, 2.24) is 10.1 Å². The molecule has 1 aromatic heterocycles. The van der Waals surface area contributed by atoms with Gasteiger partial charge in [-0.15, -0.1) is 0 Å². The maximum Gasteiger partial charge on any atom is 0.228 e. The van der Waals surface area contributed by atoms with Crippen LogP contribution in [0.4, 0.5) is 4.39 Å². The first kappa shape index (κ1) is 12.7. The highest BCUT2D eigenvalue weighted by molar-refractivity contribution is 5.53. The van der Waals surface area contributed by atoms with Crippen LogP contribution in [0, 0.1) is 5.82 Å². The van der Waals surface area contributed by atoms with Gasteiger partial charge in [0.2, 0.25) is 11.7 Å². The number of hydrogen-bond donors (Lipinski definition) is 1. The van der Waals surface area contributed by atoms with E-state index < -0.39 is 0 Å². The van der Waals surface area contributed by atoms with Crippen molar-refractivity contribution in [3.8, 4) is 11.4 Å². The molecule has 0 spiro atoms. The molecule has 2 N–H and O–H groups in total. The van der Waals surface area contributed by atoms with Crippen LogP contribution < -0.4 is 5.73 Å². The van der Waals surface area contributed by atoms with Gasteiger partial charge in [0, 0.05) is 18.0 Å². The minimum atomic E-state index is -0.285. The zero-order chi connectivity index (χ0) is 13.0. The van der Waals surface area contributed by atoms with Crippen molar-refractivity contribution >= 4 is 0 Å². The highest BCUT2D eigenvalue weighted by Crippen LogP contribution is 2.16. The van der Waals surface area contributed by atoms with E-state index in [0.29, 0.717) is 18.1 Å². The topological polar surface area (TPSA) is 64.9 Å². The summed E-state index contributed by atoms with van der Waals surface area (Å²) in [5, 5.41) is 3.87. The van der Waals surface area contributed by atoms with Gasteiger partial charge in [0.1, 0.15) is 5.82 Å². The Morgan fingerprint density at radius 2 is 2.06 bits per heavy atom. The molecule has 0 saturated carbocycles. The maximum absolute atomic E-state index is 12.8. The number of nitrogens with zero attached hydrogens (tertiary/aromatic N) is 2. The smallest absolute Gasteiger partial charge is 0.228 e. The molecule has 1 atom stereocenters. The molecular formula is C13H16FN3O. The summed E-state index contributed by atoms with van der Waals surface area (Å²) in [6.45, 7) is 2.08. The van der Waals surface area contributed by atoms with Gasteiger partial charge < -0.3 is 10.3 Å². The summed E-state index contributed by atoms with van der Waals surface area (Å²) in [7, 11) is 0. The molecule has 18 heavy (non-hydrogen) atoms. The predicted molar refractivity (Wildman–Crippen MR) is 66.3 cm³/mol. The SMILES string of the molecule is CCCC(N)Cc1nc(-c2ccc(F)cc2)no1. The van der Waals surface area contributed by atoms with E-state index in [-0.39, 0.29) is 11.9 Å². The molecule has 0 aliphatic rings. The van der Waals surface area contributed by atoms with Gasteiger partial charge in [-0.25, -0.2) is 4.39 Å². The second-order valence-electron chi connectivity index (χ2n) is 4.27. The summed E-state index contributed by atoms with van der Waals surface area (Å²) in [5.41, 5.74) is 6.64. The molecule has 0 aliphatic carbocycles. The van der Waals surface area contributed by atoms with Gasteiger partial charge in [-0.3, -0.25) is 0 Å². The molecule has 0 aliphatic heterocycles. The van der Waals surface area contributed by atoms with Crippen LogP contribution >= 0.6 is 0 Å². The summed E-state index contributed by atoms with van der Waals surface area (Å²) < 4.78 is 17.9. The number of halogens is 1. The first-order valence-electron chi connectivity index (χ1n) is 6.03. The highest BCUT2D eigenvalue weighted by atomic mass is 19.1. The second-order valence-corrected chi connectivity index (χ2v) is 4.27. The number of rotatable bonds is 5. The lowest BCUT2D eigenvalue weighted by molar-refractivity contribution is 0.366. The average Bonchev–Trinajstić information content (AvgIpc) is 2.78. The van der Waals surface area contributed by atoms with Gasteiger partial charge in [-0.1, -0.05) is 18.5 Å². The van der Waals surface area contributed by atoms with E-state index in [1.165, 1.54) is 12.1 Å². The number of aromatic nitrogens is 2. The van der Waals surface area contributed by atoms with Crippen LogP contribution in [-0.4, -0.2) is 16.2 Å². The first-order chi connectivity index (χ1) is 8.69. The van der Waals surface area contributed by atoms with Crippen molar-refractivity contribution < 1.29 is 8.91 Å². The number of hydrogen-bond acceptors (Lipinski definition) is 4. The fourth-order valence-electron chi connectivity index (χ4n) is 1.75. The Labute approximate surface area is 105 Å². The van der Waals surface area contributed by atoms with Crippen molar-refractivity contribution in [3.63, 3.8) is 0 Å². The van der Waals surface area contributed by atoms with E-state index in [9.17, 15) is 4.39 Å². The van der Waals surface area contributed by atoms with Crippen molar-refractivity contribution in [1.29, 1.82) is 0 Å². The molecule has 1 aromatic carbocycles. The van der Waals surface area contributed by atoms with Crippen LogP contribution in [0.1, 0.15) is 25.7 Å². The van der Waals surface area contributed by atoms with Crippen LogP contribution in [0.3, 0.4) is 0 Å². The van der Waals surface area contributed by atoms with E-state index in [0.717, 1.165) is 18.4 Å². The van der Waals surface area contributed by atoms with Crippen molar-refractivity contribution in [2.24, 2.45) is 5.73 Å². The molecule has 4 nitrogen and oxygen atoms in total. The van der Waals surface area contributed by atoms with Gasteiger partial charge in [-0.2, -0.15) is 4.98 Å². The van der Waals surface area contributed by atoms with E-state index in [1.807, 2.05) is 0 Å². The Kier molecular flexibility index (Phi) is 4.04. The predicted octanol–water partition coefficient (Wildman–Crippen LogP) is 2.55. The monoisotopic (exact) mass is 249 g/mol. The average molecular weight is 249 g/mol. The number of nitrogens with two attached hydrogens (primary N) is 1. The molecule has 0 bridgehead atoms. The fourth-order valence-corrected chi connectivity index (χ4v) is 1.75. The third-order valence-electron chi connectivity index (χ3n) is 2.67. The first-order valence-corrected chi connectivity index (χ1v) is 6.03. The van der Waals surface area contributed by atoms with Crippen LogP contribution in [0.5, 0.6) is 0 Å². The second kappa shape index (κ2) is 5.73. The minimum absolute atomic E-state index is 0.0384. The normalized spacial score (nSPS) is 12.6.